The van der Waals surface area contributed by atoms with Crippen LogP contribution in [-0.4, -0.2) is 4.92 Å². The number of nitrogens with zero attached hydrogens (tertiary/aromatic N) is 1. The van der Waals surface area contributed by atoms with Gasteiger partial charge in [-0.05, 0) is 29.8 Å². The molecule has 22 heavy (non-hydrogen) atoms. The Labute approximate surface area is 122 Å². The van der Waals surface area contributed by atoms with Crippen molar-refractivity contribution in [3.63, 3.8) is 0 Å². The van der Waals surface area contributed by atoms with E-state index in [1.165, 1.54) is 18.2 Å². The minimum Gasteiger partial charge on any atom is -0.375 e. The lowest BCUT2D eigenvalue weighted by Crippen LogP contribution is -2.06. The highest BCUT2D eigenvalue weighted by Crippen LogP contribution is 2.29. The average molecular weight is 314 g/mol. The van der Waals surface area contributed by atoms with E-state index in [4.69, 9.17) is 0 Å². The fourth-order valence-corrected chi connectivity index (χ4v) is 1.81. The Morgan fingerprint density at radius 3 is 2.27 bits per heavy atom. The maximum atomic E-state index is 13.0. The van der Waals surface area contributed by atoms with Crippen LogP contribution < -0.4 is 5.32 Å². The highest BCUT2D eigenvalue weighted by Gasteiger charge is 2.29. The van der Waals surface area contributed by atoms with Gasteiger partial charge < -0.3 is 5.32 Å². The standard InChI is InChI=1S/C14H10F4N2O2/c15-11-5-6-12(13(7-11)20(21)22)19-8-9-1-3-10(4-2-9)14(16,17)18/h1-7,19H,8H2. The van der Waals surface area contributed by atoms with Crippen LogP contribution in [0.15, 0.2) is 42.5 Å². The molecule has 4 nitrogen and oxygen atoms in total. The van der Waals surface area contributed by atoms with Gasteiger partial charge in [0.05, 0.1) is 16.6 Å². The number of nitrogens with one attached hydrogen (secondary N) is 1. The van der Waals surface area contributed by atoms with Crippen LogP contribution in [0.5, 0.6) is 0 Å². The summed E-state index contributed by atoms with van der Waals surface area (Å²) < 4.78 is 50.3. The minimum absolute atomic E-state index is 0.0740. The lowest BCUT2D eigenvalue weighted by molar-refractivity contribution is -0.384. The number of hydrogen-bond donors (Lipinski definition) is 1. The molecular formula is C14H10F4N2O2. The van der Waals surface area contributed by atoms with Gasteiger partial charge >= 0.3 is 6.18 Å². The van der Waals surface area contributed by atoms with Crippen molar-refractivity contribution in [2.24, 2.45) is 0 Å². The van der Waals surface area contributed by atoms with Gasteiger partial charge in [0.1, 0.15) is 11.5 Å². The number of alkyl halides is 3. The molecular weight excluding hydrogens is 304 g/mol. The predicted octanol–water partition coefficient (Wildman–Crippen LogP) is 4.36. The third-order valence-corrected chi connectivity index (χ3v) is 2.92. The van der Waals surface area contributed by atoms with Gasteiger partial charge in [0.25, 0.3) is 5.69 Å². The van der Waals surface area contributed by atoms with Crippen LogP contribution in [-0.2, 0) is 12.7 Å². The quantitative estimate of drug-likeness (QED) is 0.518. The van der Waals surface area contributed by atoms with E-state index in [0.717, 1.165) is 24.3 Å². The first-order chi connectivity index (χ1) is 10.3. The van der Waals surface area contributed by atoms with Crippen LogP contribution >= 0.6 is 0 Å². The second-order valence-corrected chi connectivity index (χ2v) is 4.47. The number of anilines is 1. The van der Waals surface area contributed by atoms with Crippen LogP contribution in [0.4, 0.5) is 28.9 Å². The van der Waals surface area contributed by atoms with Crippen molar-refractivity contribution >= 4 is 11.4 Å². The van der Waals surface area contributed by atoms with Gasteiger partial charge in [0.15, 0.2) is 0 Å². The Bertz CT molecular complexity index is 684. The van der Waals surface area contributed by atoms with E-state index in [-0.39, 0.29) is 12.2 Å². The molecule has 0 aliphatic heterocycles. The van der Waals surface area contributed by atoms with Gasteiger partial charge in [-0.3, -0.25) is 10.1 Å². The maximum absolute atomic E-state index is 13.0. The number of nitro benzene ring substituents is 1. The molecule has 0 spiro atoms. The Morgan fingerprint density at radius 2 is 1.73 bits per heavy atom. The second-order valence-electron chi connectivity index (χ2n) is 4.47. The maximum Gasteiger partial charge on any atom is 0.416 e. The summed E-state index contributed by atoms with van der Waals surface area (Å²) in [6, 6.07) is 7.43. The van der Waals surface area contributed by atoms with Gasteiger partial charge in [-0.25, -0.2) is 4.39 Å². The number of benzene rings is 2. The topological polar surface area (TPSA) is 55.2 Å². The van der Waals surface area contributed by atoms with Crippen molar-refractivity contribution in [1.29, 1.82) is 0 Å². The highest BCUT2D eigenvalue weighted by atomic mass is 19.4. The van der Waals surface area contributed by atoms with Crippen LogP contribution in [0.3, 0.4) is 0 Å². The normalized spacial score (nSPS) is 11.3. The molecule has 0 saturated carbocycles. The van der Waals surface area contributed by atoms with Crippen molar-refractivity contribution in [2.45, 2.75) is 12.7 Å². The summed E-state index contributed by atoms with van der Waals surface area (Å²) in [4.78, 5) is 10.1. The summed E-state index contributed by atoms with van der Waals surface area (Å²) in [5.74, 6) is -0.744. The van der Waals surface area contributed by atoms with Crippen LogP contribution in [0.2, 0.25) is 0 Å². The summed E-state index contributed by atoms with van der Waals surface area (Å²) >= 11 is 0. The number of nitro groups is 1. The zero-order valence-corrected chi connectivity index (χ0v) is 11.0. The van der Waals surface area contributed by atoms with Crippen molar-refractivity contribution in [3.8, 4) is 0 Å². The average Bonchev–Trinajstić information content (AvgIpc) is 2.45. The number of rotatable bonds is 4. The molecule has 0 aliphatic rings. The van der Waals surface area contributed by atoms with E-state index in [2.05, 4.69) is 5.32 Å². The molecule has 2 aromatic carbocycles. The second kappa shape index (κ2) is 6.00. The number of hydrogen-bond acceptors (Lipinski definition) is 3. The SMILES string of the molecule is O=[N+]([O-])c1cc(F)ccc1NCc1ccc(C(F)(F)F)cc1. The molecule has 1 N–H and O–H groups in total. The lowest BCUT2D eigenvalue weighted by Gasteiger charge is -2.09. The summed E-state index contributed by atoms with van der Waals surface area (Å²) in [6.45, 7) is 0.0740. The van der Waals surface area contributed by atoms with Crippen LogP contribution in [0.25, 0.3) is 0 Å². The van der Waals surface area contributed by atoms with Gasteiger partial charge in [0, 0.05) is 6.54 Å². The molecule has 2 aromatic rings. The molecule has 116 valence electrons. The molecule has 0 radical (unpaired) electrons. The largest absolute Gasteiger partial charge is 0.416 e. The van der Waals surface area contributed by atoms with Crippen molar-refractivity contribution in [3.05, 3.63) is 69.5 Å². The molecule has 0 fully saturated rings. The molecule has 0 amide bonds. The zero-order valence-electron chi connectivity index (χ0n) is 11.0. The molecule has 0 aliphatic carbocycles. The summed E-state index contributed by atoms with van der Waals surface area (Å²) in [5, 5.41) is 13.5. The van der Waals surface area contributed by atoms with Gasteiger partial charge in [-0.15, -0.1) is 0 Å². The predicted molar refractivity (Wildman–Crippen MR) is 71.8 cm³/mol. The molecule has 8 heteroatoms. The van der Waals surface area contributed by atoms with Gasteiger partial charge in [0.2, 0.25) is 0 Å². The Kier molecular flexibility index (Phi) is 4.30. The third kappa shape index (κ3) is 3.72. The Balaban J connectivity index is 2.12. The van der Waals surface area contributed by atoms with Crippen LogP contribution in [0, 0.1) is 15.9 Å². The van der Waals surface area contributed by atoms with Crippen molar-refractivity contribution < 1.29 is 22.5 Å². The fraction of sp³-hybridized carbons (Fsp3) is 0.143. The molecule has 2 rings (SSSR count). The Hall–Kier alpha value is -2.64. The Morgan fingerprint density at radius 1 is 1.09 bits per heavy atom. The number of halogens is 4. The first kappa shape index (κ1) is 15.7. The van der Waals surface area contributed by atoms with Gasteiger partial charge in [-0.1, -0.05) is 12.1 Å². The smallest absolute Gasteiger partial charge is 0.375 e. The summed E-state index contributed by atoms with van der Waals surface area (Å²) in [5.41, 5.74) is -0.617. The highest BCUT2D eigenvalue weighted by molar-refractivity contribution is 5.61. The lowest BCUT2D eigenvalue weighted by atomic mass is 10.1. The minimum atomic E-state index is -4.41. The van der Waals surface area contributed by atoms with Crippen LogP contribution in [0.1, 0.15) is 11.1 Å². The third-order valence-electron chi connectivity index (χ3n) is 2.92. The molecule has 0 saturated heterocycles. The molecule has 0 aromatic heterocycles. The first-order valence-electron chi connectivity index (χ1n) is 6.11. The molecule has 0 heterocycles. The van der Waals surface area contributed by atoms with E-state index >= 15 is 0 Å². The van der Waals surface area contributed by atoms with Gasteiger partial charge in [-0.2, -0.15) is 13.2 Å². The summed E-state index contributed by atoms with van der Waals surface area (Å²) in [7, 11) is 0. The molecule has 0 bridgehead atoms. The van der Waals surface area contributed by atoms with E-state index in [1.807, 2.05) is 0 Å². The van der Waals surface area contributed by atoms with E-state index in [9.17, 15) is 27.7 Å². The van der Waals surface area contributed by atoms with E-state index in [1.54, 1.807) is 0 Å². The van der Waals surface area contributed by atoms with Crippen molar-refractivity contribution in [2.75, 3.05) is 5.32 Å². The first-order valence-corrected chi connectivity index (χ1v) is 6.11. The monoisotopic (exact) mass is 314 g/mol. The zero-order chi connectivity index (χ0) is 16.3. The molecule has 0 unspecified atom stereocenters. The van der Waals surface area contributed by atoms with E-state index < -0.39 is 28.2 Å². The van der Waals surface area contributed by atoms with Crippen molar-refractivity contribution in [1.82, 2.24) is 0 Å². The molecule has 0 atom stereocenters. The summed E-state index contributed by atoms with van der Waals surface area (Å²) in [6.07, 6.45) is -4.41. The van der Waals surface area contributed by atoms with E-state index in [0.29, 0.717) is 5.56 Å². The fourth-order valence-electron chi connectivity index (χ4n) is 1.81.